The molecule has 0 radical (unpaired) electrons. The van der Waals surface area contributed by atoms with Gasteiger partial charge in [-0.3, -0.25) is 13.7 Å². The molecule has 11 rings (SSSR count). The van der Waals surface area contributed by atoms with Crippen LogP contribution in [0.5, 0.6) is 11.5 Å². The minimum absolute atomic E-state index is 0.00635. The Kier molecular flexibility index (Phi) is 7.86. The number of rotatable bonds is 7. The third-order valence-electron chi connectivity index (χ3n) is 13.1. The molecule has 0 saturated carbocycles. The van der Waals surface area contributed by atoms with Gasteiger partial charge in [0.15, 0.2) is 0 Å². The molecule has 0 fully saturated rings. The van der Waals surface area contributed by atoms with Crippen LogP contribution < -0.4 is 9.30 Å². The molecule has 0 saturated heterocycles. The molecule has 1 aliphatic carbocycles. The Hall–Kier alpha value is -7.24. The zero-order chi connectivity index (χ0) is 48.3. The lowest BCUT2D eigenvalue weighted by atomic mass is 9.82. The summed E-state index contributed by atoms with van der Waals surface area (Å²) < 4.78 is 57.1. The van der Waals surface area contributed by atoms with E-state index in [9.17, 15) is 0 Å². The summed E-state index contributed by atoms with van der Waals surface area (Å²) in [7, 11) is 0. The zero-order valence-corrected chi connectivity index (χ0v) is 37.3. The van der Waals surface area contributed by atoms with Crippen molar-refractivity contribution in [2.24, 2.45) is 0 Å². The molecule has 314 valence electrons. The van der Waals surface area contributed by atoms with Crippen molar-refractivity contribution >= 4 is 32.8 Å². The van der Waals surface area contributed by atoms with Crippen molar-refractivity contribution in [3.8, 4) is 50.9 Å². The molecule has 10 aromatic rings. The van der Waals surface area contributed by atoms with Crippen molar-refractivity contribution < 1.29 is 16.2 Å². The van der Waals surface area contributed by atoms with Gasteiger partial charge >= 0.3 is 0 Å². The Morgan fingerprint density at radius 3 is 2.16 bits per heavy atom. The Bertz CT molecular complexity index is 3720. The summed E-state index contributed by atoms with van der Waals surface area (Å²) in [5.41, 5.74) is 11.3. The van der Waals surface area contributed by atoms with E-state index in [1.807, 2.05) is 82.1 Å². The van der Waals surface area contributed by atoms with Crippen molar-refractivity contribution in [2.45, 2.75) is 71.1 Å². The van der Waals surface area contributed by atoms with E-state index in [1.54, 1.807) is 0 Å². The van der Waals surface area contributed by atoms with Crippen LogP contribution in [0.25, 0.3) is 72.3 Å². The summed E-state index contributed by atoms with van der Waals surface area (Å²) >= 11 is 0. The highest BCUT2D eigenvalue weighted by Gasteiger charge is 2.42. The van der Waals surface area contributed by atoms with Crippen molar-refractivity contribution in [3.63, 3.8) is 0 Å². The van der Waals surface area contributed by atoms with Crippen molar-refractivity contribution in [3.05, 3.63) is 199 Å². The number of pyridine rings is 1. The highest BCUT2D eigenvalue weighted by atomic mass is 16.5. The predicted octanol–water partition coefficient (Wildman–Crippen LogP) is 14.6. The highest BCUT2D eigenvalue weighted by molar-refractivity contribution is 6.09. The van der Waals surface area contributed by atoms with Crippen LogP contribution in [0.4, 0.5) is 0 Å². The largest absolute Gasteiger partial charge is 0.458 e. The fourth-order valence-electron chi connectivity index (χ4n) is 10.3. The second-order valence-corrected chi connectivity index (χ2v) is 19.4. The van der Waals surface area contributed by atoms with Crippen LogP contribution in [-0.2, 0) is 16.2 Å². The number of hydrogen-bond donors (Lipinski definition) is 0. The van der Waals surface area contributed by atoms with Gasteiger partial charge in [0.1, 0.15) is 17.3 Å². The highest BCUT2D eigenvalue weighted by Crippen LogP contribution is 2.50. The van der Waals surface area contributed by atoms with Crippen molar-refractivity contribution in [1.82, 2.24) is 14.1 Å². The second-order valence-electron chi connectivity index (χ2n) is 19.4. The van der Waals surface area contributed by atoms with Crippen molar-refractivity contribution in [2.75, 3.05) is 0 Å². The maximum Gasteiger partial charge on any atom is 0.269 e. The molecule has 0 N–H and O–H groups in total. The van der Waals surface area contributed by atoms with Gasteiger partial charge in [0.25, 0.3) is 6.33 Å². The quantitative estimate of drug-likeness (QED) is 0.118. The number of benzene rings is 7. The Balaban J connectivity index is 1.07. The third kappa shape index (κ3) is 6.61. The van der Waals surface area contributed by atoms with Crippen molar-refractivity contribution in [1.29, 1.82) is 0 Å². The van der Waals surface area contributed by atoms with E-state index < -0.39 is 6.04 Å². The Labute approximate surface area is 382 Å². The topological polar surface area (TPSA) is 35.9 Å². The third-order valence-corrected chi connectivity index (χ3v) is 13.1. The fraction of sp³-hybridized carbons (Fsp3) is 0.186. The van der Waals surface area contributed by atoms with Gasteiger partial charge in [0.2, 0.25) is 0 Å². The molecule has 3 aromatic heterocycles. The van der Waals surface area contributed by atoms with Gasteiger partial charge in [-0.15, -0.1) is 0 Å². The van der Waals surface area contributed by atoms with Gasteiger partial charge < -0.3 is 4.74 Å². The Morgan fingerprint density at radius 2 is 1.34 bits per heavy atom. The van der Waals surface area contributed by atoms with E-state index in [2.05, 4.69) is 132 Å². The van der Waals surface area contributed by atoms with E-state index in [-0.39, 0.29) is 46.0 Å². The molecule has 0 spiro atoms. The first-order chi connectivity index (χ1) is 32.9. The molecular weight excluding hydrogens is 781 g/mol. The smallest absolute Gasteiger partial charge is 0.269 e. The molecule has 7 aromatic carbocycles. The maximum atomic E-state index is 9.17. The molecule has 1 aliphatic rings. The molecule has 0 amide bonds. The summed E-state index contributed by atoms with van der Waals surface area (Å²) in [5, 5.41) is 2.23. The van der Waals surface area contributed by atoms with Gasteiger partial charge in [-0.25, -0.2) is 4.98 Å². The van der Waals surface area contributed by atoms with Crippen LogP contribution in [-0.4, -0.2) is 14.1 Å². The molecule has 3 heterocycles. The Morgan fingerprint density at radius 1 is 0.641 bits per heavy atom. The van der Waals surface area contributed by atoms with E-state index in [0.29, 0.717) is 22.7 Å². The average Bonchev–Trinajstić information content (AvgIpc) is 3.94. The van der Waals surface area contributed by atoms with Gasteiger partial charge in [-0.2, -0.15) is 0 Å². The van der Waals surface area contributed by atoms with Gasteiger partial charge in [0, 0.05) is 23.0 Å². The summed E-state index contributed by atoms with van der Waals surface area (Å²) in [4.78, 5) is 4.86. The van der Waals surface area contributed by atoms with Gasteiger partial charge in [-0.05, 0) is 110 Å². The lowest BCUT2D eigenvalue weighted by molar-refractivity contribution is -0.571. The number of para-hydroxylation sites is 4. The fourth-order valence-corrected chi connectivity index (χ4v) is 10.3. The van der Waals surface area contributed by atoms with Gasteiger partial charge in [-0.1, -0.05) is 164 Å². The van der Waals surface area contributed by atoms with Crippen LogP contribution >= 0.6 is 0 Å². The first-order valence-corrected chi connectivity index (χ1v) is 22.0. The molecular formula is C59H52N4O. The zero-order valence-electron chi connectivity index (χ0n) is 42.3. The molecule has 5 heteroatoms. The monoisotopic (exact) mass is 837 g/mol. The minimum Gasteiger partial charge on any atom is -0.458 e. The first kappa shape index (κ1) is 34.3. The number of aromatic nitrogens is 4. The van der Waals surface area contributed by atoms with Crippen LogP contribution in [0, 0.1) is 6.33 Å². The summed E-state index contributed by atoms with van der Waals surface area (Å²) in [6, 6.07) is 45.6. The molecule has 0 atom stereocenters. The van der Waals surface area contributed by atoms with E-state index in [0.717, 1.165) is 61.9 Å². The molecule has 0 bridgehead atoms. The normalized spacial score (nSPS) is 15.5. The lowest BCUT2D eigenvalue weighted by Crippen LogP contribution is -2.31. The number of hydrogen-bond acceptors (Lipinski definition) is 2. The maximum absolute atomic E-state index is 9.17. The summed E-state index contributed by atoms with van der Waals surface area (Å²) in [5.74, 6) is 2.14. The van der Waals surface area contributed by atoms with E-state index in [1.165, 1.54) is 16.7 Å². The molecule has 5 nitrogen and oxygen atoms in total. The number of fused-ring (bicyclic) bond motifs is 5. The number of ether oxygens (including phenoxy) is 1. The average molecular weight is 838 g/mol. The first-order valence-electron chi connectivity index (χ1n) is 24.5. The predicted molar refractivity (Wildman–Crippen MR) is 263 cm³/mol. The standard InChI is InChI=1S/C59H52N4O/c1-57(2,3)41-31-32-60-55(34-41)63-51-24-12-11-21-47(51)48-29-28-44(36-54(48)63)64-43-20-15-19-42(35-43)61-38-62(53-26-14-13-25-52(53)61)56-45(39-17-9-8-10-18-39)22-16-23-46(56)40-27-30-49-50(33-40)59(6,7)37-58(49,4)5/h8-36H,37H2,1-7H3/i8D,9D,10D,17D,18D. The van der Waals surface area contributed by atoms with Crippen LogP contribution in [0.2, 0.25) is 0 Å². The van der Waals surface area contributed by atoms with E-state index >= 15 is 0 Å². The molecule has 64 heavy (non-hydrogen) atoms. The molecule has 0 unspecified atom stereocenters. The number of nitrogens with zero attached hydrogens (tertiary/aromatic N) is 4. The van der Waals surface area contributed by atoms with Crippen LogP contribution in [0.1, 0.15) is 78.4 Å². The van der Waals surface area contributed by atoms with Gasteiger partial charge in [0.05, 0.1) is 40.3 Å². The SMILES string of the molecule is [2H]c1c([2H])c([2H])c(-c2cccc(-c3ccc4c(c3)C(C)(C)CC4(C)C)c2-[n+]2[c-]n(-c3cccc(Oc4ccc5c6ccccc6n(-c6cc(C(C)(C)C)ccn6)c5c4)c3)c3ccccc32)c([2H])c1[2H]. The lowest BCUT2D eigenvalue weighted by Gasteiger charge is -2.22. The summed E-state index contributed by atoms with van der Waals surface area (Å²) in [6.07, 6.45) is 6.58. The second kappa shape index (κ2) is 14.7. The minimum atomic E-state index is -0.432. The van der Waals surface area contributed by atoms with Crippen LogP contribution in [0.3, 0.4) is 0 Å². The van der Waals surface area contributed by atoms with Crippen LogP contribution in [0.15, 0.2) is 176 Å². The molecule has 0 aliphatic heterocycles. The number of imidazole rings is 1. The van der Waals surface area contributed by atoms with E-state index in [4.69, 9.17) is 16.6 Å². The summed E-state index contributed by atoms with van der Waals surface area (Å²) in [6.45, 7) is 15.8.